The lowest BCUT2D eigenvalue weighted by molar-refractivity contribution is -0.140. The van der Waals surface area contributed by atoms with Crippen LogP contribution in [0.25, 0.3) is 6.08 Å². The monoisotopic (exact) mass is 352 g/mol. The Morgan fingerprint density at radius 2 is 2.00 bits per heavy atom. The van der Waals surface area contributed by atoms with Gasteiger partial charge in [-0.05, 0) is 25.1 Å². The van der Waals surface area contributed by atoms with Crippen molar-refractivity contribution in [1.29, 1.82) is 0 Å². The van der Waals surface area contributed by atoms with Crippen LogP contribution >= 0.6 is 0 Å². The summed E-state index contributed by atoms with van der Waals surface area (Å²) in [5.74, 6) is -1.08. The van der Waals surface area contributed by atoms with Crippen molar-refractivity contribution in [2.75, 3.05) is 18.6 Å². The van der Waals surface area contributed by atoms with Gasteiger partial charge < -0.3 is 9.64 Å². The second-order valence-corrected chi connectivity index (χ2v) is 6.86. The number of imide groups is 1. The number of hydrogen-bond acceptors (Lipinski definition) is 5. The van der Waals surface area contributed by atoms with Crippen molar-refractivity contribution in [3.63, 3.8) is 0 Å². The molecule has 0 aliphatic carbocycles. The summed E-state index contributed by atoms with van der Waals surface area (Å²) in [7, 11) is 1.60. The van der Waals surface area contributed by atoms with Crippen LogP contribution in [0.5, 0.6) is 5.75 Å². The molecule has 2 saturated heterocycles. The first-order chi connectivity index (χ1) is 12.5. The Bertz CT molecular complexity index is 859. The maximum atomic E-state index is 12.9. The van der Waals surface area contributed by atoms with Gasteiger partial charge in [0.15, 0.2) is 5.78 Å². The third-order valence-electron chi connectivity index (χ3n) is 5.53. The fraction of sp³-hybridized carbons (Fsp3) is 0.350. The molecule has 0 bridgehead atoms. The van der Waals surface area contributed by atoms with Crippen LogP contribution in [-0.4, -0.2) is 48.2 Å². The van der Waals surface area contributed by atoms with Crippen molar-refractivity contribution in [3.05, 3.63) is 42.5 Å². The highest BCUT2D eigenvalue weighted by atomic mass is 16.5. The minimum atomic E-state index is -0.650. The third kappa shape index (κ3) is 2.08. The van der Waals surface area contributed by atoms with E-state index in [9.17, 15) is 14.4 Å². The van der Waals surface area contributed by atoms with Crippen LogP contribution in [0.2, 0.25) is 0 Å². The molecule has 0 unspecified atom stereocenters. The molecule has 0 spiro atoms. The second-order valence-electron chi connectivity index (χ2n) is 6.86. The van der Waals surface area contributed by atoms with Crippen LogP contribution in [-0.2, 0) is 14.4 Å². The van der Waals surface area contributed by atoms with Crippen molar-refractivity contribution in [1.82, 2.24) is 4.90 Å². The van der Waals surface area contributed by atoms with Crippen LogP contribution in [0.1, 0.15) is 12.5 Å². The van der Waals surface area contributed by atoms with Gasteiger partial charge in [0.05, 0.1) is 25.0 Å². The molecule has 1 aromatic carbocycles. The summed E-state index contributed by atoms with van der Waals surface area (Å²) in [6.45, 7) is 5.29. The Morgan fingerprint density at radius 3 is 2.65 bits per heavy atom. The summed E-state index contributed by atoms with van der Waals surface area (Å²) in [4.78, 5) is 41.4. The molecule has 4 atom stereocenters. The van der Waals surface area contributed by atoms with Crippen LogP contribution < -0.4 is 9.64 Å². The van der Waals surface area contributed by atoms with Crippen LogP contribution in [0, 0.1) is 11.8 Å². The second kappa shape index (κ2) is 5.83. The van der Waals surface area contributed by atoms with Crippen molar-refractivity contribution in [2.45, 2.75) is 19.0 Å². The Hall–Kier alpha value is -2.89. The summed E-state index contributed by atoms with van der Waals surface area (Å²) >= 11 is 0. The number of Topliss-reactive ketones (excluding diaryl/α,β-unsaturated/α-hetero) is 1. The molecule has 1 aromatic rings. The van der Waals surface area contributed by atoms with Crippen LogP contribution in [0.3, 0.4) is 0 Å². The molecule has 2 fully saturated rings. The highest BCUT2D eigenvalue weighted by Gasteiger charge is 2.63. The predicted molar refractivity (Wildman–Crippen MR) is 96.7 cm³/mol. The largest absolute Gasteiger partial charge is 0.497 e. The van der Waals surface area contributed by atoms with Crippen molar-refractivity contribution in [2.24, 2.45) is 11.8 Å². The van der Waals surface area contributed by atoms with Gasteiger partial charge in [0.25, 0.3) is 0 Å². The lowest BCUT2D eigenvalue weighted by Crippen LogP contribution is -2.48. The van der Waals surface area contributed by atoms with Gasteiger partial charge in [-0.3, -0.25) is 19.3 Å². The number of rotatable bonds is 4. The van der Waals surface area contributed by atoms with E-state index in [4.69, 9.17) is 4.74 Å². The number of benzene rings is 1. The van der Waals surface area contributed by atoms with E-state index in [1.807, 2.05) is 35.3 Å². The number of carbonyl (C=O) groups excluding carboxylic acids is 3. The number of hydrogen-bond donors (Lipinski definition) is 0. The number of amides is 2. The van der Waals surface area contributed by atoms with E-state index in [2.05, 4.69) is 6.58 Å². The number of carbonyl (C=O) groups is 3. The summed E-state index contributed by atoms with van der Waals surface area (Å²) in [6.07, 6.45) is 5.40. The van der Waals surface area contributed by atoms with Gasteiger partial charge in [-0.15, -0.1) is 6.58 Å². The number of methoxy groups -OCH3 is 1. The van der Waals surface area contributed by atoms with Gasteiger partial charge in [-0.25, -0.2) is 0 Å². The molecule has 6 nitrogen and oxygen atoms in total. The summed E-state index contributed by atoms with van der Waals surface area (Å²) < 4.78 is 5.27. The van der Waals surface area contributed by atoms with E-state index >= 15 is 0 Å². The molecule has 6 heteroatoms. The van der Waals surface area contributed by atoms with Gasteiger partial charge in [-0.1, -0.05) is 18.2 Å². The highest BCUT2D eigenvalue weighted by molar-refractivity contribution is 6.11. The fourth-order valence-corrected chi connectivity index (χ4v) is 4.51. The summed E-state index contributed by atoms with van der Waals surface area (Å²) in [6, 6.07) is 4.65. The van der Waals surface area contributed by atoms with Gasteiger partial charge in [0, 0.05) is 17.8 Å². The van der Waals surface area contributed by atoms with E-state index in [-0.39, 0.29) is 30.2 Å². The first kappa shape index (κ1) is 16.6. The van der Waals surface area contributed by atoms with E-state index in [1.165, 1.54) is 17.9 Å². The molecule has 2 amide bonds. The highest BCUT2D eigenvalue weighted by Crippen LogP contribution is 2.48. The molecular formula is C20H20N2O4. The molecule has 3 heterocycles. The first-order valence-electron chi connectivity index (χ1n) is 8.60. The van der Waals surface area contributed by atoms with Crippen molar-refractivity contribution in [3.8, 4) is 5.75 Å². The topological polar surface area (TPSA) is 66.9 Å². The quantitative estimate of drug-likeness (QED) is 0.609. The SMILES string of the molecule is C=CCN1C(=O)[C@H]2[C@H](C1=O)[C@@H](C(C)=O)N1c3ccc(OC)cc3C=C[C@H]21. The zero-order chi connectivity index (χ0) is 18.6. The molecule has 0 saturated carbocycles. The number of fused-ring (bicyclic) bond motifs is 5. The van der Waals surface area contributed by atoms with Crippen molar-refractivity contribution < 1.29 is 19.1 Å². The van der Waals surface area contributed by atoms with Gasteiger partial charge in [0.1, 0.15) is 11.8 Å². The van der Waals surface area contributed by atoms with Crippen LogP contribution in [0.15, 0.2) is 36.9 Å². The lowest BCUT2D eigenvalue weighted by atomic mass is 9.88. The smallest absolute Gasteiger partial charge is 0.236 e. The molecular weight excluding hydrogens is 332 g/mol. The fourth-order valence-electron chi connectivity index (χ4n) is 4.51. The molecule has 4 rings (SSSR count). The Kier molecular flexibility index (Phi) is 3.72. The van der Waals surface area contributed by atoms with Gasteiger partial charge >= 0.3 is 0 Å². The molecule has 0 aromatic heterocycles. The summed E-state index contributed by atoms with van der Waals surface area (Å²) in [5, 5.41) is 0. The minimum Gasteiger partial charge on any atom is -0.497 e. The third-order valence-corrected chi connectivity index (χ3v) is 5.53. The molecule has 3 aliphatic heterocycles. The Labute approximate surface area is 151 Å². The number of nitrogens with zero attached hydrogens (tertiary/aromatic N) is 2. The zero-order valence-electron chi connectivity index (χ0n) is 14.7. The molecule has 26 heavy (non-hydrogen) atoms. The standard InChI is InChI=1S/C20H20N2O4/c1-4-9-21-19(24)16-15-7-5-12-10-13(26-3)6-8-14(12)22(15)18(11(2)23)17(16)20(21)25/h4-8,10,15-18H,1,9H2,2-3H3/t15-,16-,17+,18-/m1/s1. The number of ketones is 1. The maximum Gasteiger partial charge on any atom is 0.236 e. The summed E-state index contributed by atoms with van der Waals surface area (Å²) in [5.41, 5.74) is 1.76. The number of anilines is 1. The first-order valence-corrected chi connectivity index (χ1v) is 8.60. The lowest BCUT2D eigenvalue weighted by Gasteiger charge is -2.36. The number of ether oxygens (including phenoxy) is 1. The van der Waals surface area contributed by atoms with E-state index in [1.54, 1.807) is 7.11 Å². The predicted octanol–water partition coefficient (Wildman–Crippen LogP) is 1.66. The molecule has 0 radical (unpaired) electrons. The average Bonchev–Trinajstić information content (AvgIpc) is 3.10. The van der Waals surface area contributed by atoms with E-state index < -0.39 is 17.9 Å². The normalized spacial score (nSPS) is 28.7. The van der Waals surface area contributed by atoms with Crippen molar-refractivity contribution >= 4 is 29.4 Å². The maximum absolute atomic E-state index is 12.9. The molecule has 3 aliphatic rings. The Balaban J connectivity index is 1.83. The molecule has 134 valence electrons. The van der Waals surface area contributed by atoms with E-state index in [0.29, 0.717) is 0 Å². The molecule has 0 N–H and O–H groups in total. The van der Waals surface area contributed by atoms with E-state index in [0.717, 1.165) is 17.0 Å². The Morgan fingerprint density at radius 1 is 1.27 bits per heavy atom. The minimum absolute atomic E-state index is 0.110. The van der Waals surface area contributed by atoms with Gasteiger partial charge in [0.2, 0.25) is 11.8 Å². The van der Waals surface area contributed by atoms with Gasteiger partial charge in [-0.2, -0.15) is 0 Å². The van der Waals surface area contributed by atoms with Crippen LogP contribution in [0.4, 0.5) is 5.69 Å². The zero-order valence-corrected chi connectivity index (χ0v) is 14.7. The number of likely N-dealkylation sites (tertiary alicyclic amines) is 1. The average molecular weight is 352 g/mol.